The molecule has 0 heterocycles. The maximum atomic E-state index is 13.2. The molecule has 0 fully saturated rings. The molecule has 0 spiro atoms. The van der Waals surface area contributed by atoms with Gasteiger partial charge in [-0.1, -0.05) is 104 Å². The topological polar surface area (TPSA) is 20.3 Å². The summed E-state index contributed by atoms with van der Waals surface area (Å²) in [6.07, 6.45) is 20.3. The van der Waals surface area contributed by atoms with Crippen LogP contribution in [0.3, 0.4) is 0 Å². The highest BCUT2D eigenvalue weighted by Crippen LogP contribution is 2.14. The summed E-state index contributed by atoms with van der Waals surface area (Å²) >= 11 is 0. The highest BCUT2D eigenvalue weighted by molar-refractivity contribution is 5.94. The largest absolute Gasteiger partial charge is 0.339 e. The molecular formula is C27H46FNO. The Balaban J connectivity index is 2.35. The van der Waals surface area contributed by atoms with Gasteiger partial charge in [0.25, 0.3) is 5.91 Å². The van der Waals surface area contributed by atoms with Gasteiger partial charge >= 0.3 is 0 Å². The third-order valence-corrected chi connectivity index (χ3v) is 5.94. The lowest BCUT2D eigenvalue weighted by Crippen LogP contribution is -2.33. The molecule has 172 valence electrons. The van der Waals surface area contributed by atoms with E-state index in [0.717, 1.165) is 25.9 Å². The molecule has 1 amide bonds. The fourth-order valence-electron chi connectivity index (χ4n) is 3.96. The van der Waals surface area contributed by atoms with Crippen LogP contribution in [0.15, 0.2) is 24.3 Å². The van der Waals surface area contributed by atoms with Crippen LogP contribution < -0.4 is 0 Å². The minimum atomic E-state index is -0.288. The van der Waals surface area contributed by atoms with Crippen molar-refractivity contribution in [2.45, 2.75) is 117 Å². The molecule has 0 radical (unpaired) electrons. The highest BCUT2D eigenvalue weighted by Gasteiger charge is 2.15. The zero-order valence-electron chi connectivity index (χ0n) is 19.8. The number of halogens is 1. The minimum Gasteiger partial charge on any atom is -0.339 e. The number of nitrogens with zero attached hydrogens (tertiary/aromatic N) is 1. The van der Waals surface area contributed by atoms with Crippen molar-refractivity contribution in [1.29, 1.82) is 0 Å². The Morgan fingerprint density at radius 2 is 1.00 bits per heavy atom. The summed E-state index contributed by atoms with van der Waals surface area (Å²) < 4.78 is 13.2. The molecule has 30 heavy (non-hydrogen) atoms. The number of carbonyl (C=O) groups is 1. The Hall–Kier alpha value is -1.38. The second-order valence-electron chi connectivity index (χ2n) is 8.75. The van der Waals surface area contributed by atoms with E-state index >= 15 is 0 Å². The lowest BCUT2D eigenvalue weighted by atomic mass is 10.1. The minimum absolute atomic E-state index is 0.0564. The highest BCUT2D eigenvalue weighted by atomic mass is 19.1. The number of unbranched alkanes of at least 4 members (excludes halogenated alkanes) is 14. The maximum Gasteiger partial charge on any atom is 0.253 e. The van der Waals surface area contributed by atoms with Crippen LogP contribution in [0.4, 0.5) is 4.39 Å². The summed E-state index contributed by atoms with van der Waals surface area (Å²) in [6.45, 7) is 6.14. The summed E-state index contributed by atoms with van der Waals surface area (Å²) in [7, 11) is 0. The Bertz CT molecular complexity index is 508. The predicted octanol–water partition coefficient (Wildman–Crippen LogP) is 8.55. The molecule has 1 aromatic carbocycles. The number of rotatable bonds is 19. The quantitative estimate of drug-likeness (QED) is 0.206. The molecule has 2 nitrogen and oxygen atoms in total. The number of hydrogen-bond acceptors (Lipinski definition) is 1. The van der Waals surface area contributed by atoms with Crippen molar-refractivity contribution in [3.05, 3.63) is 35.6 Å². The smallest absolute Gasteiger partial charge is 0.253 e. The lowest BCUT2D eigenvalue weighted by molar-refractivity contribution is 0.0749. The van der Waals surface area contributed by atoms with Crippen LogP contribution in [-0.2, 0) is 0 Å². The third-order valence-electron chi connectivity index (χ3n) is 5.94. The fraction of sp³-hybridized carbons (Fsp3) is 0.741. The standard InChI is InChI=1S/C27H46FNO/c1-3-5-7-9-11-13-15-17-23-29(24-18-16-14-12-10-8-6-4-2)27(30)25-19-21-26(28)22-20-25/h19-22H,3-18,23-24H2,1-2H3. The van der Waals surface area contributed by atoms with Crippen molar-refractivity contribution >= 4 is 5.91 Å². The molecule has 0 bridgehead atoms. The number of amides is 1. The zero-order valence-corrected chi connectivity index (χ0v) is 19.8. The zero-order chi connectivity index (χ0) is 21.9. The first-order valence-electron chi connectivity index (χ1n) is 12.7. The average molecular weight is 420 g/mol. The molecule has 0 N–H and O–H groups in total. The first-order valence-corrected chi connectivity index (χ1v) is 12.7. The maximum absolute atomic E-state index is 13.2. The van der Waals surface area contributed by atoms with Gasteiger partial charge in [0.1, 0.15) is 5.82 Å². The van der Waals surface area contributed by atoms with E-state index in [1.165, 1.54) is 102 Å². The van der Waals surface area contributed by atoms with E-state index in [4.69, 9.17) is 0 Å². The van der Waals surface area contributed by atoms with Crippen molar-refractivity contribution < 1.29 is 9.18 Å². The average Bonchev–Trinajstić information content (AvgIpc) is 2.76. The van der Waals surface area contributed by atoms with Crippen LogP contribution in [-0.4, -0.2) is 23.9 Å². The Kier molecular flexibility index (Phi) is 16.3. The van der Waals surface area contributed by atoms with E-state index in [0.29, 0.717) is 5.56 Å². The van der Waals surface area contributed by atoms with Crippen LogP contribution in [0.2, 0.25) is 0 Å². The first kappa shape index (κ1) is 26.7. The van der Waals surface area contributed by atoms with Gasteiger partial charge in [-0.05, 0) is 37.1 Å². The van der Waals surface area contributed by atoms with Crippen LogP contribution in [0, 0.1) is 5.82 Å². The fourth-order valence-corrected chi connectivity index (χ4v) is 3.96. The van der Waals surface area contributed by atoms with E-state index < -0.39 is 0 Å². The summed E-state index contributed by atoms with van der Waals surface area (Å²) in [5, 5.41) is 0. The molecule has 0 aliphatic heterocycles. The van der Waals surface area contributed by atoms with Gasteiger partial charge in [-0.15, -0.1) is 0 Å². The third kappa shape index (κ3) is 13.0. The molecular weight excluding hydrogens is 373 g/mol. The molecule has 3 heteroatoms. The first-order chi connectivity index (χ1) is 14.7. The predicted molar refractivity (Wildman–Crippen MR) is 128 cm³/mol. The Morgan fingerprint density at radius 3 is 1.40 bits per heavy atom. The van der Waals surface area contributed by atoms with Gasteiger partial charge in [-0.3, -0.25) is 4.79 Å². The van der Waals surface area contributed by atoms with Crippen LogP contribution in [0.1, 0.15) is 127 Å². The number of benzene rings is 1. The van der Waals surface area contributed by atoms with Gasteiger partial charge in [0.05, 0.1) is 0 Å². The molecule has 0 saturated carbocycles. The van der Waals surface area contributed by atoms with Crippen LogP contribution in [0.25, 0.3) is 0 Å². The SMILES string of the molecule is CCCCCCCCCCN(CCCCCCCCCC)C(=O)c1ccc(F)cc1. The summed E-state index contributed by atoms with van der Waals surface area (Å²) in [4.78, 5) is 14.9. The second kappa shape index (κ2) is 18.4. The van der Waals surface area contributed by atoms with E-state index in [1.54, 1.807) is 12.1 Å². The second-order valence-corrected chi connectivity index (χ2v) is 8.75. The van der Waals surface area contributed by atoms with Crippen molar-refractivity contribution in [2.75, 3.05) is 13.1 Å². The van der Waals surface area contributed by atoms with Crippen LogP contribution in [0.5, 0.6) is 0 Å². The van der Waals surface area contributed by atoms with E-state index in [2.05, 4.69) is 13.8 Å². The van der Waals surface area contributed by atoms with Crippen molar-refractivity contribution in [3.63, 3.8) is 0 Å². The molecule has 0 atom stereocenters. The van der Waals surface area contributed by atoms with Crippen molar-refractivity contribution in [1.82, 2.24) is 4.90 Å². The van der Waals surface area contributed by atoms with Crippen molar-refractivity contribution in [2.24, 2.45) is 0 Å². The van der Waals surface area contributed by atoms with Gasteiger partial charge < -0.3 is 4.90 Å². The molecule has 0 aliphatic carbocycles. The van der Waals surface area contributed by atoms with Gasteiger partial charge in [0, 0.05) is 18.7 Å². The molecule has 0 aliphatic rings. The molecule has 1 aromatic rings. The van der Waals surface area contributed by atoms with Crippen molar-refractivity contribution in [3.8, 4) is 0 Å². The molecule has 1 rings (SSSR count). The van der Waals surface area contributed by atoms with Gasteiger partial charge in [0.2, 0.25) is 0 Å². The Morgan fingerprint density at radius 1 is 0.633 bits per heavy atom. The van der Waals surface area contributed by atoms with Gasteiger partial charge in [-0.2, -0.15) is 0 Å². The number of carbonyl (C=O) groups excluding carboxylic acids is 1. The summed E-state index contributed by atoms with van der Waals surface area (Å²) in [5.74, 6) is -0.231. The van der Waals surface area contributed by atoms with E-state index in [9.17, 15) is 9.18 Å². The lowest BCUT2D eigenvalue weighted by Gasteiger charge is -2.23. The molecule has 0 unspecified atom stereocenters. The van der Waals surface area contributed by atoms with Crippen LogP contribution >= 0.6 is 0 Å². The van der Waals surface area contributed by atoms with E-state index in [1.807, 2.05) is 4.90 Å². The number of hydrogen-bond donors (Lipinski definition) is 0. The van der Waals surface area contributed by atoms with Gasteiger partial charge in [0.15, 0.2) is 0 Å². The summed E-state index contributed by atoms with van der Waals surface area (Å²) in [6, 6.07) is 6.01. The molecule has 0 saturated heterocycles. The normalized spacial score (nSPS) is 11.0. The molecule has 0 aromatic heterocycles. The monoisotopic (exact) mass is 419 g/mol. The summed E-state index contributed by atoms with van der Waals surface area (Å²) in [5.41, 5.74) is 0.607. The Labute approximate surface area is 185 Å². The van der Waals surface area contributed by atoms with E-state index in [-0.39, 0.29) is 11.7 Å². The van der Waals surface area contributed by atoms with Gasteiger partial charge in [-0.25, -0.2) is 4.39 Å².